The molecule has 0 spiro atoms. The van der Waals surface area contributed by atoms with E-state index in [9.17, 15) is 0 Å². The van der Waals surface area contributed by atoms with Gasteiger partial charge in [-0.25, -0.2) is 4.98 Å². The molecule has 2 heterocycles. The minimum Gasteiger partial charge on any atom is -0.255 e. The first-order valence-electron chi connectivity index (χ1n) is 14.9. The molecule has 2 aromatic heterocycles. The molecule has 0 N–H and O–H groups in total. The summed E-state index contributed by atoms with van der Waals surface area (Å²) < 4.78 is 0. The molecule has 0 amide bonds. The molecule has 2 heteroatoms. The molecule has 0 saturated heterocycles. The fourth-order valence-corrected chi connectivity index (χ4v) is 6.10. The Morgan fingerprint density at radius 3 is 1.84 bits per heavy atom. The topological polar surface area (TPSA) is 25.8 Å². The van der Waals surface area contributed by atoms with Crippen molar-refractivity contribution in [1.82, 2.24) is 9.97 Å². The number of hydrogen-bond acceptors (Lipinski definition) is 2. The summed E-state index contributed by atoms with van der Waals surface area (Å²) in [7, 11) is 0. The Morgan fingerprint density at radius 2 is 1.11 bits per heavy atom. The monoisotopic (exact) mass is 560 g/mol. The molecule has 2 nitrogen and oxygen atoms in total. The molecule has 8 rings (SSSR count). The Balaban J connectivity index is 1.17. The molecule has 8 aromatic rings. The first-order chi connectivity index (χ1) is 21.8. The largest absolute Gasteiger partial charge is 0.255 e. The smallest absolute Gasteiger partial charge is 0.0900 e. The highest BCUT2D eigenvalue weighted by atomic mass is 14.8. The van der Waals surface area contributed by atoms with Gasteiger partial charge in [-0.2, -0.15) is 0 Å². The standard InChI is InChI=1S/C42H28N2/c1-2-10-31(11-3-1)38-28-42(41-16-8-9-25-43-41)44-40-24-22-32(27-39(38)40)30-20-17-29(18-21-30)19-23-37-35-14-6-4-12-33(35)26-34-13-5-7-15-36(34)37/h1-28H/b23-19+. The first-order valence-corrected chi connectivity index (χ1v) is 14.9. The average Bonchev–Trinajstić information content (AvgIpc) is 3.10. The van der Waals surface area contributed by atoms with Gasteiger partial charge in [0.15, 0.2) is 0 Å². The lowest BCUT2D eigenvalue weighted by molar-refractivity contribution is 1.28. The zero-order chi connectivity index (χ0) is 29.3. The van der Waals surface area contributed by atoms with Gasteiger partial charge < -0.3 is 0 Å². The van der Waals surface area contributed by atoms with Crippen LogP contribution >= 0.6 is 0 Å². The Hall–Kier alpha value is -5.86. The zero-order valence-corrected chi connectivity index (χ0v) is 24.1. The molecule has 0 atom stereocenters. The molecule has 0 fully saturated rings. The molecule has 0 saturated carbocycles. The van der Waals surface area contributed by atoms with Crippen LogP contribution in [0, 0.1) is 0 Å². The maximum atomic E-state index is 5.01. The van der Waals surface area contributed by atoms with Crippen LogP contribution in [-0.2, 0) is 0 Å². The quantitative estimate of drug-likeness (QED) is 0.155. The molecule has 44 heavy (non-hydrogen) atoms. The number of benzene rings is 6. The van der Waals surface area contributed by atoms with Crippen molar-refractivity contribution in [2.45, 2.75) is 0 Å². The normalized spacial score (nSPS) is 11.5. The second kappa shape index (κ2) is 11.1. The van der Waals surface area contributed by atoms with Crippen molar-refractivity contribution in [2.24, 2.45) is 0 Å². The van der Waals surface area contributed by atoms with Crippen molar-refractivity contribution in [3.05, 3.63) is 169 Å². The summed E-state index contributed by atoms with van der Waals surface area (Å²) in [5.41, 5.74) is 9.77. The maximum Gasteiger partial charge on any atom is 0.0900 e. The van der Waals surface area contributed by atoms with Crippen LogP contribution in [0.1, 0.15) is 11.1 Å². The summed E-state index contributed by atoms with van der Waals surface area (Å²) in [6, 6.07) is 53.5. The minimum absolute atomic E-state index is 0.871. The molecule has 0 unspecified atom stereocenters. The highest BCUT2D eigenvalue weighted by Gasteiger charge is 2.12. The van der Waals surface area contributed by atoms with Crippen molar-refractivity contribution in [3.8, 4) is 33.6 Å². The minimum atomic E-state index is 0.871. The predicted molar refractivity (Wildman–Crippen MR) is 186 cm³/mol. The molecule has 0 aliphatic heterocycles. The summed E-state index contributed by atoms with van der Waals surface area (Å²) in [5.74, 6) is 0. The Morgan fingerprint density at radius 1 is 0.432 bits per heavy atom. The van der Waals surface area contributed by atoms with E-state index in [4.69, 9.17) is 4.98 Å². The number of aromatic nitrogens is 2. The maximum absolute atomic E-state index is 5.01. The molecule has 206 valence electrons. The van der Waals surface area contributed by atoms with Gasteiger partial charge in [0.1, 0.15) is 0 Å². The lowest BCUT2D eigenvalue weighted by Gasteiger charge is -2.12. The van der Waals surface area contributed by atoms with E-state index in [1.807, 2.05) is 24.4 Å². The highest BCUT2D eigenvalue weighted by molar-refractivity contribution is 6.08. The van der Waals surface area contributed by atoms with Gasteiger partial charge in [-0.15, -0.1) is 0 Å². The van der Waals surface area contributed by atoms with Crippen LogP contribution in [0.3, 0.4) is 0 Å². The van der Waals surface area contributed by atoms with Gasteiger partial charge in [0.05, 0.1) is 16.9 Å². The Labute approximate surface area is 256 Å². The zero-order valence-electron chi connectivity index (χ0n) is 24.1. The van der Waals surface area contributed by atoms with Crippen molar-refractivity contribution in [2.75, 3.05) is 0 Å². The summed E-state index contributed by atoms with van der Waals surface area (Å²) in [5, 5.41) is 6.18. The lowest BCUT2D eigenvalue weighted by atomic mass is 9.95. The van der Waals surface area contributed by atoms with Gasteiger partial charge in [-0.05, 0) is 91.3 Å². The van der Waals surface area contributed by atoms with Crippen LogP contribution in [0.4, 0.5) is 0 Å². The summed E-state index contributed by atoms with van der Waals surface area (Å²) >= 11 is 0. The number of fused-ring (bicyclic) bond motifs is 3. The second-order valence-electron chi connectivity index (χ2n) is 11.1. The van der Waals surface area contributed by atoms with E-state index in [0.717, 1.165) is 44.5 Å². The predicted octanol–water partition coefficient (Wildman–Crippen LogP) is 11.1. The van der Waals surface area contributed by atoms with E-state index < -0.39 is 0 Å². The number of hydrogen-bond donors (Lipinski definition) is 0. The molecule has 0 radical (unpaired) electrons. The Bertz CT molecular complexity index is 2250. The van der Waals surface area contributed by atoms with Gasteiger partial charge in [0.2, 0.25) is 0 Å². The molecular weight excluding hydrogens is 532 g/mol. The number of pyridine rings is 2. The molecule has 0 bridgehead atoms. The van der Waals surface area contributed by atoms with Crippen LogP contribution in [-0.4, -0.2) is 9.97 Å². The van der Waals surface area contributed by atoms with Crippen LogP contribution in [0.15, 0.2) is 158 Å². The van der Waals surface area contributed by atoms with E-state index in [2.05, 4.69) is 151 Å². The van der Waals surface area contributed by atoms with E-state index >= 15 is 0 Å². The average molecular weight is 561 g/mol. The lowest BCUT2D eigenvalue weighted by Crippen LogP contribution is -1.92. The van der Waals surface area contributed by atoms with Gasteiger partial charge in [0, 0.05) is 11.6 Å². The molecular formula is C42H28N2. The third kappa shape index (κ3) is 4.83. The summed E-state index contributed by atoms with van der Waals surface area (Å²) in [4.78, 5) is 9.57. The molecule has 0 aliphatic carbocycles. The summed E-state index contributed by atoms with van der Waals surface area (Å²) in [6.45, 7) is 0. The van der Waals surface area contributed by atoms with E-state index in [0.29, 0.717) is 0 Å². The van der Waals surface area contributed by atoms with Crippen molar-refractivity contribution in [3.63, 3.8) is 0 Å². The van der Waals surface area contributed by atoms with Crippen molar-refractivity contribution < 1.29 is 0 Å². The van der Waals surface area contributed by atoms with Crippen LogP contribution < -0.4 is 0 Å². The Kier molecular flexibility index (Phi) is 6.51. The van der Waals surface area contributed by atoms with Gasteiger partial charge in [0.25, 0.3) is 0 Å². The van der Waals surface area contributed by atoms with Crippen molar-refractivity contribution >= 4 is 44.6 Å². The van der Waals surface area contributed by atoms with E-state index in [1.165, 1.54) is 32.7 Å². The van der Waals surface area contributed by atoms with E-state index in [-0.39, 0.29) is 0 Å². The van der Waals surface area contributed by atoms with Crippen molar-refractivity contribution in [1.29, 1.82) is 0 Å². The van der Waals surface area contributed by atoms with E-state index in [1.54, 1.807) is 0 Å². The first kappa shape index (κ1) is 25.8. The van der Waals surface area contributed by atoms with Gasteiger partial charge in [-0.1, -0.05) is 127 Å². The fraction of sp³-hybridized carbons (Fsp3) is 0. The number of nitrogens with zero attached hydrogens (tertiary/aromatic N) is 2. The second-order valence-corrected chi connectivity index (χ2v) is 11.1. The molecule has 0 aliphatic rings. The third-order valence-electron chi connectivity index (χ3n) is 8.32. The highest BCUT2D eigenvalue weighted by Crippen LogP contribution is 2.35. The molecule has 6 aromatic carbocycles. The number of rotatable bonds is 5. The van der Waals surface area contributed by atoms with Crippen LogP contribution in [0.5, 0.6) is 0 Å². The van der Waals surface area contributed by atoms with Crippen LogP contribution in [0.2, 0.25) is 0 Å². The third-order valence-corrected chi connectivity index (χ3v) is 8.32. The SMILES string of the molecule is C(=C\c1c2ccccc2cc2ccccc12)/c1ccc(-c2ccc3nc(-c4ccccn4)cc(-c4ccccc4)c3c2)cc1. The fourth-order valence-electron chi connectivity index (χ4n) is 6.10. The summed E-state index contributed by atoms with van der Waals surface area (Å²) in [6.07, 6.45) is 6.29. The van der Waals surface area contributed by atoms with Gasteiger partial charge in [-0.3, -0.25) is 4.98 Å². The van der Waals surface area contributed by atoms with Gasteiger partial charge >= 0.3 is 0 Å². The van der Waals surface area contributed by atoms with Crippen LogP contribution in [0.25, 0.3) is 78.2 Å².